The lowest BCUT2D eigenvalue weighted by Gasteiger charge is -2.28. The highest BCUT2D eigenvalue weighted by molar-refractivity contribution is 5.72. The van der Waals surface area contributed by atoms with Crippen LogP contribution in [0.4, 0.5) is 0 Å². The van der Waals surface area contributed by atoms with Crippen LogP contribution in [0, 0.1) is 11.8 Å². The van der Waals surface area contributed by atoms with Crippen molar-refractivity contribution in [2.24, 2.45) is 11.8 Å². The number of rotatable bonds is 42. The van der Waals surface area contributed by atoms with Gasteiger partial charge in [0.15, 0.2) is 12.2 Å². The average molecular weight is 911 g/mol. The minimum absolute atomic E-state index is 0.0605. The SMILES string of the molecule is CCCCCCCCC(=O)OCC(COC(=O)CCCCCCCC)CC(=O)O[C@H]1C[NH2+]C[C@H](OC(=O)CC(COC(=O)CCCCCCCC)COC(=O)CCCCCCCC)C1. The van der Waals surface area contributed by atoms with Crippen LogP contribution in [0.15, 0.2) is 0 Å². The lowest BCUT2D eigenvalue weighted by atomic mass is 10.1. The summed E-state index contributed by atoms with van der Waals surface area (Å²) in [4.78, 5) is 76.8. The van der Waals surface area contributed by atoms with Crippen molar-refractivity contribution < 1.29 is 62.5 Å². The molecule has 0 bridgehead atoms. The Kier molecular flexibility index (Phi) is 37.9. The Morgan fingerprint density at radius 1 is 0.375 bits per heavy atom. The number of hydrogen-bond donors (Lipinski definition) is 1. The summed E-state index contributed by atoms with van der Waals surface area (Å²) in [6.07, 6.45) is 25.3. The van der Waals surface area contributed by atoms with Crippen LogP contribution in [-0.4, -0.2) is 87.5 Å². The Morgan fingerprint density at radius 3 is 0.891 bits per heavy atom. The van der Waals surface area contributed by atoms with Crippen LogP contribution in [0.3, 0.4) is 0 Å². The first-order valence-electron chi connectivity index (χ1n) is 25.9. The predicted molar refractivity (Wildman–Crippen MR) is 248 cm³/mol. The molecule has 1 fully saturated rings. The molecule has 1 aliphatic rings. The summed E-state index contributed by atoms with van der Waals surface area (Å²) in [6, 6.07) is 0. The molecule has 0 amide bonds. The van der Waals surface area contributed by atoms with Crippen molar-refractivity contribution in [3.63, 3.8) is 0 Å². The van der Waals surface area contributed by atoms with Gasteiger partial charge in [0.05, 0.1) is 39.3 Å². The quantitative estimate of drug-likeness (QED) is 0.0349. The van der Waals surface area contributed by atoms with Crippen LogP contribution in [0.1, 0.15) is 227 Å². The van der Waals surface area contributed by atoms with Gasteiger partial charge in [0.25, 0.3) is 0 Å². The number of nitrogens with two attached hydrogens (primary N) is 1. The first-order valence-corrected chi connectivity index (χ1v) is 25.9. The normalized spacial score (nSPS) is 14.9. The summed E-state index contributed by atoms with van der Waals surface area (Å²) in [6.45, 7) is 9.38. The number of hydrogen-bond acceptors (Lipinski definition) is 12. The maximum Gasteiger partial charge on any atom is 0.306 e. The maximum absolute atomic E-state index is 13.3. The van der Waals surface area contributed by atoms with Gasteiger partial charge in [-0.05, 0) is 25.7 Å². The summed E-state index contributed by atoms with van der Waals surface area (Å²) >= 11 is 0. The number of unbranched alkanes of at least 4 members (excludes halogenated alkanes) is 20. The molecule has 64 heavy (non-hydrogen) atoms. The molecule has 0 radical (unpaired) electrons. The van der Waals surface area contributed by atoms with Crippen molar-refractivity contribution in [3.05, 3.63) is 0 Å². The van der Waals surface area contributed by atoms with Crippen LogP contribution in [-0.2, 0) is 57.2 Å². The third-order valence-corrected chi connectivity index (χ3v) is 11.7. The lowest BCUT2D eigenvalue weighted by Crippen LogP contribution is -2.91. The van der Waals surface area contributed by atoms with Gasteiger partial charge in [-0.3, -0.25) is 28.8 Å². The van der Waals surface area contributed by atoms with Crippen molar-refractivity contribution in [3.8, 4) is 0 Å². The molecule has 1 rings (SSSR count). The van der Waals surface area contributed by atoms with Gasteiger partial charge < -0.3 is 33.7 Å². The smallest absolute Gasteiger partial charge is 0.306 e. The maximum atomic E-state index is 13.3. The topological polar surface area (TPSA) is 174 Å². The number of carbonyl (C=O) groups excluding carboxylic acids is 6. The van der Waals surface area contributed by atoms with E-state index in [-0.39, 0.29) is 63.1 Å². The third kappa shape index (κ3) is 35.1. The molecule has 13 heteroatoms. The molecule has 1 heterocycles. The number of piperidine rings is 1. The molecule has 0 aromatic carbocycles. The van der Waals surface area contributed by atoms with E-state index in [1.54, 1.807) is 0 Å². The molecule has 0 saturated carbocycles. The molecule has 0 aromatic rings. The first-order chi connectivity index (χ1) is 31.1. The monoisotopic (exact) mass is 911 g/mol. The predicted octanol–water partition coefficient (Wildman–Crippen LogP) is 9.96. The Hall–Kier alpha value is -3.22. The zero-order valence-corrected chi connectivity index (χ0v) is 40.9. The molecule has 0 aliphatic carbocycles. The number of quaternary nitrogens is 1. The second kappa shape index (κ2) is 41.2. The number of esters is 6. The summed E-state index contributed by atoms with van der Waals surface area (Å²) in [5.74, 6) is -3.49. The molecule has 1 saturated heterocycles. The number of carbonyl (C=O) groups is 6. The Labute approximate surface area is 387 Å². The highest BCUT2D eigenvalue weighted by atomic mass is 16.6. The fourth-order valence-electron chi connectivity index (χ4n) is 7.75. The minimum atomic E-state index is -0.563. The number of ether oxygens (including phenoxy) is 6. The van der Waals surface area contributed by atoms with Crippen LogP contribution >= 0.6 is 0 Å². The summed E-state index contributed by atoms with van der Waals surface area (Å²) < 4.78 is 33.9. The van der Waals surface area contributed by atoms with E-state index in [0.717, 1.165) is 128 Å². The highest BCUT2D eigenvalue weighted by Gasteiger charge is 2.32. The van der Waals surface area contributed by atoms with Gasteiger partial charge >= 0.3 is 35.8 Å². The minimum Gasteiger partial charge on any atom is -0.465 e. The summed E-state index contributed by atoms with van der Waals surface area (Å²) in [7, 11) is 0. The molecule has 1 aliphatic heterocycles. The Balaban J connectivity index is 2.74. The van der Waals surface area contributed by atoms with E-state index in [9.17, 15) is 28.8 Å². The van der Waals surface area contributed by atoms with Gasteiger partial charge in [-0.1, -0.05) is 156 Å². The molecular formula is C51H92NO12+. The Morgan fingerprint density at radius 2 is 0.625 bits per heavy atom. The standard InChI is InChI=1S/C51H91NO12/c1-5-9-13-17-21-25-29-46(53)59-38-42(39-60-47(54)30-26-22-18-14-10-6-2)33-50(57)63-44-35-45(37-52-36-44)64-51(58)34-43(40-61-48(55)31-27-23-19-15-11-7-3)41-62-49(56)32-28-24-20-16-12-8-4/h42-45,52H,5-41H2,1-4H3/p+1/t44-,45-/m1/s1. The second-order valence-corrected chi connectivity index (χ2v) is 18.2. The average Bonchev–Trinajstić information content (AvgIpc) is 3.27. The largest absolute Gasteiger partial charge is 0.465 e. The Bertz CT molecular complexity index is 1070. The molecule has 2 atom stereocenters. The molecule has 13 nitrogen and oxygen atoms in total. The van der Waals surface area contributed by atoms with E-state index in [1.807, 2.05) is 5.32 Å². The molecule has 0 aromatic heterocycles. The summed E-state index contributed by atoms with van der Waals surface area (Å²) in [5, 5.41) is 1.93. The van der Waals surface area contributed by atoms with Crippen LogP contribution < -0.4 is 5.32 Å². The van der Waals surface area contributed by atoms with Crippen LogP contribution in [0.5, 0.6) is 0 Å². The first kappa shape index (κ1) is 58.8. The van der Waals surface area contributed by atoms with Crippen molar-refractivity contribution in [1.29, 1.82) is 0 Å². The molecular weight excluding hydrogens is 819 g/mol. The van der Waals surface area contributed by atoms with E-state index >= 15 is 0 Å². The molecule has 2 N–H and O–H groups in total. The van der Waals surface area contributed by atoms with Crippen LogP contribution in [0.2, 0.25) is 0 Å². The summed E-state index contributed by atoms with van der Waals surface area (Å²) in [5.41, 5.74) is 0. The van der Waals surface area contributed by atoms with Crippen molar-refractivity contribution in [1.82, 2.24) is 0 Å². The van der Waals surface area contributed by atoms with Gasteiger partial charge in [0.2, 0.25) is 0 Å². The van der Waals surface area contributed by atoms with Crippen LogP contribution in [0.25, 0.3) is 0 Å². The fraction of sp³-hybridized carbons (Fsp3) is 0.882. The lowest BCUT2D eigenvalue weighted by molar-refractivity contribution is -0.675. The van der Waals surface area contributed by atoms with Crippen molar-refractivity contribution >= 4 is 35.8 Å². The van der Waals surface area contributed by atoms with E-state index in [0.29, 0.717) is 45.2 Å². The van der Waals surface area contributed by atoms with E-state index in [1.165, 1.54) is 25.7 Å². The fourth-order valence-corrected chi connectivity index (χ4v) is 7.75. The van der Waals surface area contributed by atoms with Gasteiger partial charge in [0.1, 0.15) is 13.1 Å². The van der Waals surface area contributed by atoms with Crippen molar-refractivity contribution in [2.75, 3.05) is 39.5 Å². The van der Waals surface area contributed by atoms with E-state index in [4.69, 9.17) is 28.4 Å². The second-order valence-electron chi connectivity index (χ2n) is 18.2. The zero-order chi connectivity index (χ0) is 46.9. The molecule has 0 unspecified atom stereocenters. The molecule has 0 spiro atoms. The van der Waals surface area contributed by atoms with E-state index < -0.39 is 36.0 Å². The van der Waals surface area contributed by atoms with Gasteiger partial charge in [0, 0.05) is 43.9 Å². The molecule has 372 valence electrons. The van der Waals surface area contributed by atoms with Gasteiger partial charge in [-0.2, -0.15) is 0 Å². The van der Waals surface area contributed by atoms with Gasteiger partial charge in [-0.15, -0.1) is 0 Å². The van der Waals surface area contributed by atoms with E-state index in [2.05, 4.69) is 27.7 Å². The third-order valence-electron chi connectivity index (χ3n) is 11.7. The van der Waals surface area contributed by atoms with Crippen molar-refractivity contribution in [2.45, 2.75) is 239 Å². The van der Waals surface area contributed by atoms with Gasteiger partial charge in [-0.25, -0.2) is 0 Å². The zero-order valence-electron chi connectivity index (χ0n) is 40.9. The highest BCUT2D eigenvalue weighted by Crippen LogP contribution is 2.18.